The monoisotopic (exact) mass is 424 g/mol. The van der Waals surface area contributed by atoms with Gasteiger partial charge in [0.15, 0.2) is 0 Å². The molecule has 0 aliphatic rings. The minimum Gasteiger partial charge on any atom is -0.207 e. The third-order valence-electron chi connectivity index (χ3n) is 2.70. The van der Waals surface area contributed by atoms with Crippen molar-refractivity contribution in [2.45, 2.75) is 11.2 Å². The van der Waals surface area contributed by atoms with Gasteiger partial charge in [0.05, 0.1) is 10.0 Å². The van der Waals surface area contributed by atoms with Crippen LogP contribution >= 0.6 is 55.1 Å². The maximum Gasteiger partial charge on any atom is 0.124 e. The Morgan fingerprint density at radius 3 is 2.42 bits per heavy atom. The minimum atomic E-state index is -0.259. The summed E-state index contributed by atoms with van der Waals surface area (Å²) in [6, 6.07) is 10.2. The average molecular weight is 427 g/mol. The van der Waals surface area contributed by atoms with Crippen molar-refractivity contribution in [2.24, 2.45) is 0 Å². The fourth-order valence-corrected chi connectivity index (χ4v) is 3.77. The van der Waals surface area contributed by atoms with Crippen molar-refractivity contribution < 1.29 is 4.39 Å². The van der Waals surface area contributed by atoms with E-state index in [0.717, 1.165) is 22.0 Å². The number of hydrogen-bond acceptors (Lipinski definition) is 0. The van der Waals surface area contributed by atoms with Crippen LogP contribution in [0.25, 0.3) is 0 Å². The first-order chi connectivity index (χ1) is 8.97. The Kier molecular flexibility index (Phi) is 5.29. The highest BCUT2D eigenvalue weighted by atomic mass is 79.9. The normalized spacial score (nSPS) is 12.5. The molecular formula is C14H9Br2Cl2F. The number of rotatable bonds is 3. The molecule has 0 nitrogen and oxygen atoms in total. The molecule has 100 valence electrons. The van der Waals surface area contributed by atoms with Gasteiger partial charge in [0.1, 0.15) is 5.82 Å². The van der Waals surface area contributed by atoms with Gasteiger partial charge < -0.3 is 0 Å². The molecule has 19 heavy (non-hydrogen) atoms. The number of halogens is 5. The van der Waals surface area contributed by atoms with E-state index in [0.29, 0.717) is 10.0 Å². The summed E-state index contributed by atoms with van der Waals surface area (Å²) in [5.41, 5.74) is 2.06. The molecule has 0 bridgehead atoms. The van der Waals surface area contributed by atoms with Crippen LogP contribution in [-0.2, 0) is 6.42 Å². The van der Waals surface area contributed by atoms with Gasteiger partial charge in [-0.25, -0.2) is 4.39 Å². The fourth-order valence-electron chi connectivity index (χ4n) is 1.74. The molecule has 0 heterocycles. The molecule has 0 aliphatic heterocycles. The molecule has 0 aliphatic carbocycles. The molecule has 0 radical (unpaired) electrons. The zero-order chi connectivity index (χ0) is 14.0. The van der Waals surface area contributed by atoms with Gasteiger partial charge in [-0.15, -0.1) is 0 Å². The molecule has 0 spiro atoms. The summed E-state index contributed by atoms with van der Waals surface area (Å²) >= 11 is 18.9. The lowest BCUT2D eigenvalue weighted by Crippen LogP contribution is -1.97. The summed E-state index contributed by atoms with van der Waals surface area (Å²) in [7, 11) is 0. The van der Waals surface area contributed by atoms with Crippen molar-refractivity contribution in [3.63, 3.8) is 0 Å². The van der Waals surface area contributed by atoms with Crippen LogP contribution in [0.15, 0.2) is 40.9 Å². The van der Waals surface area contributed by atoms with Crippen LogP contribution in [0, 0.1) is 5.82 Å². The molecule has 0 amide bonds. The van der Waals surface area contributed by atoms with Crippen LogP contribution in [0.2, 0.25) is 10.0 Å². The average Bonchev–Trinajstić information content (AvgIpc) is 2.33. The van der Waals surface area contributed by atoms with E-state index in [4.69, 9.17) is 23.2 Å². The summed E-state index contributed by atoms with van der Waals surface area (Å²) < 4.78 is 13.8. The predicted molar refractivity (Wildman–Crippen MR) is 85.9 cm³/mol. The summed E-state index contributed by atoms with van der Waals surface area (Å²) in [5.74, 6) is -0.259. The van der Waals surface area contributed by atoms with Gasteiger partial charge in [0, 0.05) is 9.30 Å². The zero-order valence-electron chi connectivity index (χ0n) is 9.64. The number of hydrogen-bond donors (Lipinski definition) is 0. The Morgan fingerprint density at radius 2 is 1.79 bits per heavy atom. The van der Waals surface area contributed by atoms with Crippen LogP contribution in [0.4, 0.5) is 4.39 Å². The lowest BCUT2D eigenvalue weighted by Gasteiger charge is -2.13. The number of benzene rings is 2. The SMILES string of the molecule is Fc1ccc(C(Br)Cc2ccc(Cl)c(Cl)c2)c(Br)c1. The smallest absolute Gasteiger partial charge is 0.124 e. The second kappa shape index (κ2) is 6.57. The molecule has 1 atom stereocenters. The molecule has 0 saturated carbocycles. The van der Waals surface area contributed by atoms with Crippen LogP contribution in [0.1, 0.15) is 16.0 Å². The highest BCUT2D eigenvalue weighted by molar-refractivity contribution is 9.11. The highest BCUT2D eigenvalue weighted by Crippen LogP contribution is 2.34. The van der Waals surface area contributed by atoms with E-state index in [1.165, 1.54) is 12.1 Å². The molecule has 1 unspecified atom stereocenters. The van der Waals surface area contributed by atoms with Crippen molar-refractivity contribution in [2.75, 3.05) is 0 Å². The van der Waals surface area contributed by atoms with Crippen LogP contribution < -0.4 is 0 Å². The molecule has 2 aromatic carbocycles. The fraction of sp³-hybridized carbons (Fsp3) is 0.143. The predicted octanol–water partition coefficient (Wildman–Crippen LogP) is 6.57. The van der Waals surface area contributed by atoms with E-state index in [-0.39, 0.29) is 10.6 Å². The van der Waals surface area contributed by atoms with Gasteiger partial charge in [-0.3, -0.25) is 0 Å². The molecule has 0 saturated heterocycles. The number of alkyl halides is 1. The van der Waals surface area contributed by atoms with E-state index >= 15 is 0 Å². The van der Waals surface area contributed by atoms with Gasteiger partial charge in [-0.05, 0) is 41.8 Å². The van der Waals surface area contributed by atoms with Gasteiger partial charge in [-0.1, -0.05) is 67.2 Å². The Balaban J connectivity index is 2.20. The molecule has 0 N–H and O–H groups in total. The lowest BCUT2D eigenvalue weighted by molar-refractivity contribution is 0.626. The second-order valence-electron chi connectivity index (χ2n) is 4.09. The van der Waals surface area contributed by atoms with Crippen molar-refractivity contribution >= 4 is 55.1 Å². The van der Waals surface area contributed by atoms with E-state index in [1.54, 1.807) is 12.1 Å². The summed E-state index contributed by atoms with van der Waals surface area (Å²) in [6.45, 7) is 0. The first kappa shape index (κ1) is 15.3. The third kappa shape index (κ3) is 3.94. The van der Waals surface area contributed by atoms with Crippen molar-refractivity contribution in [1.29, 1.82) is 0 Å². The van der Waals surface area contributed by atoms with E-state index < -0.39 is 0 Å². The summed E-state index contributed by atoms with van der Waals surface area (Å²) in [5, 5.41) is 1.08. The van der Waals surface area contributed by atoms with Crippen LogP contribution in [0.3, 0.4) is 0 Å². The standard InChI is InChI=1S/C14H9Br2Cl2F/c15-11(10-3-2-9(19)7-12(10)16)5-8-1-4-13(17)14(18)6-8/h1-4,6-7,11H,5H2. The highest BCUT2D eigenvalue weighted by Gasteiger charge is 2.13. The Hall–Kier alpha value is -0.0900. The first-order valence-corrected chi connectivity index (χ1v) is 7.97. The minimum absolute atomic E-state index is 0.0692. The van der Waals surface area contributed by atoms with Crippen LogP contribution in [0.5, 0.6) is 0 Å². The maximum atomic E-state index is 13.1. The van der Waals surface area contributed by atoms with Crippen molar-refractivity contribution in [3.8, 4) is 0 Å². The topological polar surface area (TPSA) is 0 Å². The quantitative estimate of drug-likeness (QED) is 0.486. The Bertz CT molecular complexity index is 602. The van der Waals surface area contributed by atoms with E-state index in [9.17, 15) is 4.39 Å². The van der Waals surface area contributed by atoms with Crippen molar-refractivity contribution in [1.82, 2.24) is 0 Å². The summed E-state index contributed by atoms with van der Waals surface area (Å²) in [4.78, 5) is 0.0692. The molecular weight excluding hydrogens is 418 g/mol. The van der Waals surface area contributed by atoms with Gasteiger partial charge in [0.25, 0.3) is 0 Å². The van der Waals surface area contributed by atoms with Crippen molar-refractivity contribution in [3.05, 3.63) is 67.9 Å². The Morgan fingerprint density at radius 1 is 1.05 bits per heavy atom. The largest absolute Gasteiger partial charge is 0.207 e. The van der Waals surface area contributed by atoms with Gasteiger partial charge in [-0.2, -0.15) is 0 Å². The molecule has 5 heteroatoms. The zero-order valence-corrected chi connectivity index (χ0v) is 14.3. The van der Waals surface area contributed by atoms with Gasteiger partial charge >= 0.3 is 0 Å². The maximum absolute atomic E-state index is 13.1. The summed E-state index contributed by atoms with van der Waals surface area (Å²) in [6.07, 6.45) is 0.737. The first-order valence-electron chi connectivity index (χ1n) is 5.50. The molecule has 2 aromatic rings. The van der Waals surface area contributed by atoms with Crippen LogP contribution in [-0.4, -0.2) is 0 Å². The van der Waals surface area contributed by atoms with E-state index in [2.05, 4.69) is 31.9 Å². The third-order valence-corrected chi connectivity index (χ3v) is 4.94. The molecule has 0 fully saturated rings. The second-order valence-corrected chi connectivity index (χ2v) is 6.86. The van der Waals surface area contributed by atoms with Gasteiger partial charge in [0.2, 0.25) is 0 Å². The Labute approximate surface area is 138 Å². The molecule has 2 rings (SSSR count). The van der Waals surface area contributed by atoms with E-state index in [1.807, 2.05) is 12.1 Å². The lowest BCUT2D eigenvalue weighted by atomic mass is 10.0. The molecule has 0 aromatic heterocycles.